The van der Waals surface area contributed by atoms with Gasteiger partial charge in [-0.05, 0) is 36.4 Å². The second-order valence-corrected chi connectivity index (χ2v) is 6.27. The van der Waals surface area contributed by atoms with Crippen molar-refractivity contribution in [2.24, 2.45) is 0 Å². The predicted molar refractivity (Wildman–Crippen MR) is 92.9 cm³/mol. The Balaban J connectivity index is 1.76. The van der Waals surface area contributed by atoms with Gasteiger partial charge in [0.05, 0.1) is 11.4 Å². The molecule has 0 radical (unpaired) electrons. The van der Waals surface area contributed by atoms with Crippen LogP contribution in [-0.2, 0) is 0 Å². The third kappa shape index (κ3) is 3.55. The van der Waals surface area contributed by atoms with E-state index in [-0.39, 0.29) is 5.78 Å². The van der Waals surface area contributed by atoms with Gasteiger partial charge < -0.3 is 0 Å². The fraction of sp³-hybridized carbons (Fsp3) is 0. The van der Waals surface area contributed by atoms with Crippen molar-refractivity contribution < 1.29 is 4.79 Å². The van der Waals surface area contributed by atoms with E-state index in [9.17, 15) is 4.79 Å². The fourth-order valence-electron chi connectivity index (χ4n) is 1.87. The largest absolute Gasteiger partial charge is 0.289 e. The summed E-state index contributed by atoms with van der Waals surface area (Å²) in [6.07, 6.45) is 5.01. The number of pyridine rings is 1. The molecule has 0 bridgehead atoms. The molecule has 0 aliphatic rings. The molecule has 0 amide bonds. The van der Waals surface area contributed by atoms with Crippen molar-refractivity contribution in [2.45, 2.75) is 0 Å². The summed E-state index contributed by atoms with van der Waals surface area (Å²) in [5.74, 6) is -0.0475. The normalized spacial score (nSPS) is 11.0. The van der Waals surface area contributed by atoms with Gasteiger partial charge in [-0.15, -0.1) is 11.3 Å². The summed E-state index contributed by atoms with van der Waals surface area (Å²) in [5, 5.41) is 2.75. The zero-order chi connectivity index (χ0) is 15.4. The first kappa shape index (κ1) is 14.8. The molecule has 0 saturated heterocycles. The van der Waals surface area contributed by atoms with E-state index in [1.165, 1.54) is 11.3 Å². The number of nitrogens with zero attached hydrogens (tertiary/aromatic N) is 2. The van der Waals surface area contributed by atoms with Gasteiger partial charge in [0.1, 0.15) is 5.01 Å². The minimum Gasteiger partial charge on any atom is -0.289 e. The summed E-state index contributed by atoms with van der Waals surface area (Å²) in [4.78, 5) is 20.8. The fourth-order valence-corrected chi connectivity index (χ4v) is 3.03. The molecule has 0 aliphatic carbocycles. The summed E-state index contributed by atoms with van der Waals surface area (Å²) in [7, 11) is 0. The first-order chi connectivity index (χ1) is 10.7. The van der Waals surface area contributed by atoms with Crippen molar-refractivity contribution in [3.63, 3.8) is 0 Å². The van der Waals surface area contributed by atoms with E-state index in [2.05, 4.69) is 25.9 Å². The lowest BCUT2D eigenvalue weighted by Gasteiger charge is -1.96. The van der Waals surface area contributed by atoms with E-state index in [4.69, 9.17) is 0 Å². The predicted octanol–water partition coefficient (Wildman–Crippen LogP) is 4.86. The Morgan fingerprint density at radius 1 is 1.18 bits per heavy atom. The molecule has 22 heavy (non-hydrogen) atoms. The maximum atomic E-state index is 12.1. The highest BCUT2D eigenvalue weighted by atomic mass is 79.9. The molecule has 3 nitrogen and oxygen atoms in total. The smallest absolute Gasteiger partial charge is 0.185 e. The van der Waals surface area contributed by atoms with E-state index >= 15 is 0 Å². The molecule has 2 heterocycles. The van der Waals surface area contributed by atoms with Gasteiger partial charge in [-0.1, -0.05) is 34.1 Å². The maximum Gasteiger partial charge on any atom is 0.185 e. The van der Waals surface area contributed by atoms with Gasteiger partial charge in [0.2, 0.25) is 0 Å². The van der Waals surface area contributed by atoms with E-state index in [1.54, 1.807) is 30.5 Å². The van der Waals surface area contributed by atoms with Gasteiger partial charge >= 0.3 is 0 Å². The molecule has 1 aromatic carbocycles. The SMILES string of the molecule is O=C(C=Cc1csc(-c2ccccn2)n1)c1cccc(Br)c1. The molecule has 5 heteroatoms. The van der Waals surface area contributed by atoms with Crippen LogP contribution in [0.15, 0.2) is 64.6 Å². The molecule has 108 valence electrons. The van der Waals surface area contributed by atoms with Gasteiger partial charge in [0.25, 0.3) is 0 Å². The monoisotopic (exact) mass is 370 g/mol. The standard InChI is InChI=1S/C17H11BrN2OS/c18-13-5-3-4-12(10-13)16(21)8-7-14-11-22-17(20-14)15-6-1-2-9-19-15/h1-11H. The number of hydrogen-bond acceptors (Lipinski definition) is 4. The molecule has 0 unspecified atom stereocenters. The molecular weight excluding hydrogens is 360 g/mol. The molecule has 0 atom stereocenters. The molecule has 0 aliphatic heterocycles. The number of hydrogen-bond donors (Lipinski definition) is 0. The lowest BCUT2D eigenvalue weighted by molar-refractivity contribution is 0.104. The van der Waals surface area contributed by atoms with Crippen LogP contribution in [0.1, 0.15) is 16.1 Å². The first-order valence-corrected chi connectivity index (χ1v) is 8.24. The summed E-state index contributed by atoms with van der Waals surface area (Å²) >= 11 is 4.87. The van der Waals surface area contributed by atoms with Crippen LogP contribution in [0.5, 0.6) is 0 Å². The second kappa shape index (κ2) is 6.77. The topological polar surface area (TPSA) is 42.9 Å². The number of allylic oxidation sites excluding steroid dienone is 1. The number of aromatic nitrogens is 2. The summed E-state index contributed by atoms with van der Waals surface area (Å²) in [6.45, 7) is 0. The van der Waals surface area contributed by atoms with Crippen LogP contribution in [-0.4, -0.2) is 15.8 Å². The van der Waals surface area contributed by atoms with Crippen LogP contribution < -0.4 is 0 Å². The average Bonchev–Trinajstić information content (AvgIpc) is 3.02. The third-order valence-electron chi connectivity index (χ3n) is 2.92. The Hall–Kier alpha value is -2.11. The van der Waals surface area contributed by atoms with E-state index in [0.29, 0.717) is 5.56 Å². The van der Waals surface area contributed by atoms with Crippen molar-refractivity contribution in [2.75, 3.05) is 0 Å². The number of benzene rings is 1. The van der Waals surface area contributed by atoms with Crippen molar-refractivity contribution >= 4 is 39.1 Å². The Kier molecular flexibility index (Phi) is 4.56. The highest BCUT2D eigenvalue weighted by Gasteiger charge is 2.05. The number of ketones is 1. The Morgan fingerprint density at radius 3 is 2.86 bits per heavy atom. The average molecular weight is 371 g/mol. The Morgan fingerprint density at radius 2 is 2.09 bits per heavy atom. The number of halogens is 1. The van der Waals surface area contributed by atoms with Crippen molar-refractivity contribution in [1.82, 2.24) is 9.97 Å². The summed E-state index contributed by atoms with van der Waals surface area (Å²) < 4.78 is 0.887. The molecule has 0 N–H and O–H groups in total. The van der Waals surface area contributed by atoms with Crippen LogP contribution in [0.3, 0.4) is 0 Å². The van der Waals surface area contributed by atoms with Crippen LogP contribution >= 0.6 is 27.3 Å². The molecule has 0 saturated carbocycles. The van der Waals surface area contributed by atoms with Crippen LogP contribution in [0.2, 0.25) is 0 Å². The molecular formula is C17H11BrN2OS. The zero-order valence-electron chi connectivity index (χ0n) is 11.4. The Bertz CT molecular complexity index is 827. The van der Waals surface area contributed by atoms with E-state index in [1.807, 2.05) is 35.7 Å². The molecule has 3 rings (SSSR count). The van der Waals surface area contributed by atoms with Crippen LogP contribution in [0.25, 0.3) is 16.8 Å². The highest BCUT2D eigenvalue weighted by Crippen LogP contribution is 2.22. The highest BCUT2D eigenvalue weighted by molar-refractivity contribution is 9.10. The van der Waals surface area contributed by atoms with Gasteiger partial charge in [-0.3, -0.25) is 9.78 Å². The van der Waals surface area contributed by atoms with Crippen LogP contribution in [0.4, 0.5) is 0 Å². The van der Waals surface area contributed by atoms with Gasteiger partial charge in [0.15, 0.2) is 5.78 Å². The molecule has 2 aromatic heterocycles. The number of carbonyl (C=O) groups is 1. The van der Waals surface area contributed by atoms with Gasteiger partial charge in [-0.25, -0.2) is 4.98 Å². The minimum atomic E-state index is -0.0475. The maximum absolute atomic E-state index is 12.1. The molecule has 3 aromatic rings. The van der Waals surface area contributed by atoms with Crippen molar-refractivity contribution in [1.29, 1.82) is 0 Å². The van der Waals surface area contributed by atoms with Gasteiger partial charge in [-0.2, -0.15) is 0 Å². The van der Waals surface area contributed by atoms with Crippen LogP contribution in [0, 0.1) is 0 Å². The van der Waals surface area contributed by atoms with Crippen molar-refractivity contribution in [3.8, 4) is 10.7 Å². The zero-order valence-corrected chi connectivity index (χ0v) is 13.8. The first-order valence-electron chi connectivity index (χ1n) is 6.57. The number of thiazole rings is 1. The lowest BCUT2D eigenvalue weighted by atomic mass is 10.1. The van der Waals surface area contributed by atoms with E-state index < -0.39 is 0 Å². The minimum absolute atomic E-state index is 0.0475. The summed E-state index contributed by atoms with van der Waals surface area (Å²) in [5.41, 5.74) is 2.24. The number of rotatable bonds is 4. The second-order valence-electron chi connectivity index (χ2n) is 4.50. The molecule has 0 spiro atoms. The van der Waals surface area contributed by atoms with Gasteiger partial charge in [0, 0.05) is 21.6 Å². The van der Waals surface area contributed by atoms with E-state index in [0.717, 1.165) is 20.9 Å². The van der Waals surface area contributed by atoms with Crippen molar-refractivity contribution in [3.05, 3.63) is 75.8 Å². The summed E-state index contributed by atoms with van der Waals surface area (Å²) in [6, 6.07) is 13.0. The lowest BCUT2D eigenvalue weighted by Crippen LogP contribution is -1.93. The molecule has 0 fully saturated rings. The number of carbonyl (C=O) groups excluding carboxylic acids is 1. The third-order valence-corrected chi connectivity index (χ3v) is 4.30. The quantitative estimate of drug-likeness (QED) is 0.486. The Labute approximate surface area is 140 Å².